The summed E-state index contributed by atoms with van der Waals surface area (Å²) in [5, 5.41) is 5.79. The predicted molar refractivity (Wildman–Crippen MR) is 120 cm³/mol. The molecule has 0 saturated carbocycles. The molecule has 2 rings (SSSR count). The Labute approximate surface area is 169 Å². The minimum atomic E-state index is 1.15. The molecular weight excluding hydrogens is 354 g/mol. The molecule has 0 amide bonds. The van der Waals surface area contributed by atoms with Gasteiger partial charge in [0, 0.05) is 5.38 Å². The maximum Gasteiger partial charge on any atom is 0.133 e. The molecule has 0 saturated heterocycles. The largest absolute Gasteiger partial charge is 0.240 e. The van der Waals surface area contributed by atoms with Crippen molar-refractivity contribution in [2.45, 2.75) is 104 Å². The van der Waals surface area contributed by atoms with Crippen LogP contribution in [0.15, 0.2) is 16.8 Å². The summed E-state index contributed by atoms with van der Waals surface area (Å²) >= 11 is 3.72. The summed E-state index contributed by atoms with van der Waals surface area (Å²) < 4.78 is 0. The van der Waals surface area contributed by atoms with E-state index in [1.807, 2.05) is 22.7 Å². The van der Waals surface area contributed by atoms with Crippen molar-refractivity contribution in [3.8, 4) is 9.88 Å². The monoisotopic (exact) mass is 391 g/mol. The number of hydrogen-bond acceptors (Lipinski definition) is 3. The van der Waals surface area contributed by atoms with E-state index in [-0.39, 0.29) is 0 Å². The van der Waals surface area contributed by atoms with Crippen molar-refractivity contribution in [1.82, 2.24) is 4.98 Å². The molecule has 146 valence electrons. The van der Waals surface area contributed by atoms with E-state index in [1.165, 1.54) is 105 Å². The molecule has 3 heteroatoms. The number of thiazole rings is 1. The summed E-state index contributed by atoms with van der Waals surface area (Å²) in [6.07, 6.45) is 18.7. The maximum atomic E-state index is 4.95. The summed E-state index contributed by atoms with van der Waals surface area (Å²) in [6, 6.07) is 2.32. The van der Waals surface area contributed by atoms with E-state index in [2.05, 4.69) is 30.7 Å². The predicted octanol–water partition coefficient (Wildman–Crippen LogP) is 8.68. The van der Waals surface area contributed by atoms with Gasteiger partial charge in [-0.1, -0.05) is 78.1 Å². The van der Waals surface area contributed by atoms with Crippen LogP contribution in [0.3, 0.4) is 0 Å². The molecule has 0 atom stereocenters. The second-order valence-corrected chi connectivity index (χ2v) is 9.23. The van der Waals surface area contributed by atoms with Gasteiger partial charge in [-0.25, -0.2) is 4.98 Å². The van der Waals surface area contributed by atoms with Gasteiger partial charge in [0.05, 0.1) is 10.6 Å². The molecule has 0 aliphatic carbocycles. The van der Waals surface area contributed by atoms with Crippen molar-refractivity contribution >= 4 is 22.7 Å². The zero-order valence-electron chi connectivity index (χ0n) is 16.9. The molecule has 0 N–H and O–H groups in total. The van der Waals surface area contributed by atoms with Crippen molar-refractivity contribution in [1.29, 1.82) is 0 Å². The van der Waals surface area contributed by atoms with Crippen molar-refractivity contribution in [3.05, 3.63) is 28.1 Å². The fourth-order valence-electron chi connectivity index (χ4n) is 3.43. The highest BCUT2D eigenvalue weighted by Gasteiger charge is 2.11. The van der Waals surface area contributed by atoms with Crippen LogP contribution >= 0.6 is 22.7 Å². The van der Waals surface area contributed by atoms with E-state index in [0.717, 1.165) is 6.42 Å². The quantitative estimate of drug-likeness (QED) is 0.277. The summed E-state index contributed by atoms with van der Waals surface area (Å²) in [6.45, 7) is 4.56. The van der Waals surface area contributed by atoms with Gasteiger partial charge in [0.1, 0.15) is 5.01 Å². The Bertz CT molecular complexity index is 585. The number of unbranched alkanes of at least 4 members (excludes halogenated alkanes) is 10. The first kappa shape index (κ1) is 21.6. The Hall–Kier alpha value is -0.670. The smallest absolute Gasteiger partial charge is 0.133 e. The van der Waals surface area contributed by atoms with Crippen LogP contribution < -0.4 is 0 Å². The highest BCUT2D eigenvalue weighted by Crippen LogP contribution is 2.33. The number of hydrogen-bond donors (Lipinski definition) is 0. The van der Waals surface area contributed by atoms with Crippen molar-refractivity contribution in [3.63, 3.8) is 0 Å². The Kier molecular flexibility index (Phi) is 11.2. The van der Waals surface area contributed by atoms with Crippen LogP contribution in [0.2, 0.25) is 0 Å². The highest BCUT2D eigenvalue weighted by molar-refractivity contribution is 7.20. The van der Waals surface area contributed by atoms with Gasteiger partial charge in [-0.3, -0.25) is 0 Å². The number of thiophene rings is 1. The Morgan fingerprint density at radius 1 is 0.731 bits per heavy atom. The topological polar surface area (TPSA) is 12.9 Å². The third-order valence-electron chi connectivity index (χ3n) is 5.08. The Morgan fingerprint density at radius 2 is 1.35 bits per heavy atom. The molecule has 2 aromatic rings. The minimum absolute atomic E-state index is 1.15. The summed E-state index contributed by atoms with van der Waals surface area (Å²) in [4.78, 5) is 6.37. The highest BCUT2D eigenvalue weighted by atomic mass is 32.1. The average Bonchev–Trinajstić information content (AvgIpc) is 3.30. The zero-order valence-corrected chi connectivity index (χ0v) is 18.5. The van der Waals surface area contributed by atoms with Crippen LogP contribution in [0.1, 0.15) is 102 Å². The maximum absolute atomic E-state index is 4.95. The first-order chi connectivity index (χ1) is 12.8. The average molecular weight is 392 g/mol. The van der Waals surface area contributed by atoms with Gasteiger partial charge in [-0.15, -0.1) is 22.7 Å². The number of rotatable bonds is 15. The zero-order chi connectivity index (χ0) is 18.5. The lowest BCUT2D eigenvalue weighted by molar-refractivity contribution is 0.605. The van der Waals surface area contributed by atoms with Gasteiger partial charge >= 0.3 is 0 Å². The number of aromatic nitrogens is 1. The second-order valence-electron chi connectivity index (χ2n) is 7.45. The lowest BCUT2D eigenvalue weighted by Gasteiger charge is -2.02. The van der Waals surface area contributed by atoms with E-state index >= 15 is 0 Å². The van der Waals surface area contributed by atoms with Crippen molar-refractivity contribution < 1.29 is 0 Å². The molecule has 0 aromatic carbocycles. The second kappa shape index (κ2) is 13.5. The molecule has 0 radical (unpaired) electrons. The fourth-order valence-corrected chi connectivity index (χ4v) is 5.38. The third-order valence-corrected chi connectivity index (χ3v) is 7.08. The van der Waals surface area contributed by atoms with Gasteiger partial charge in [0.15, 0.2) is 0 Å². The molecule has 26 heavy (non-hydrogen) atoms. The first-order valence-corrected chi connectivity index (χ1v) is 12.6. The molecule has 0 spiro atoms. The number of nitrogens with zero attached hydrogens (tertiary/aromatic N) is 1. The molecule has 2 heterocycles. The molecule has 0 aliphatic rings. The standard InChI is InChI=1S/C23H37NS2/c1-3-5-7-9-11-13-15-20-17-18-25-22(20)23-24-21(19-26-23)16-14-12-10-8-6-4-2/h17-19H,3-16H2,1-2H3. The van der Waals surface area contributed by atoms with E-state index in [0.29, 0.717) is 0 Å². The molecule has 0 fully saturated rings. The SMILES string of the molecule is CCCCCCCCc1csc(-c2sccc2CCCCCCCC)n1. The van der Waals surface area contributed by atoms with Crippen LogP contribution in [-0.2, 0) is 12.8 Å². The van der Waals surface area contributed by atoms with Gasteiger partial charge in [-0.05, 0) is 42.7 Å². The minimum Gasteiger partial charge on any atom is -0.240 e. The van der Waals surface area contributed by atoms with Gasteiger partial charge in [0.25, 0.3) is 0 Å². The summed E-state index contributed by atoms with van der Waals surface area (Å²) in [5.74, 6) is 0. The third kappa shape index (κ3) is 7.92. The van der Waals surface area contributed by atoms with Gasteiger partial charge in [-0.2, -0.15) is 0 Å². The summed E-state index contributed by atoms with van der Waals surface area (Å²) in [5.41, 5.74) is 2.82. The molecule has 0 aliphatic heterocycles. The van der Waals surface area contributed by atoms with Crippen LogP contribution in [0.4, 0.5) is 0 Å². The van der Waals surface area contributed by atoms with Crippen molar-refractivity contribution in [2.24, 2.45) is 0 Å². The Balaban J connectivity index is 1.73. The van der Waals surface area contributed by atoms with Crippen LogP contribution in [0.25, 0.3) is 9.88 Å². The Morgan fingerprint density at radius 3 is 2.04 bits per heavy atom. The van der Waals surface area contributed by atoms with Crippen LogP contribution in [0.5, 0.6) is 0 Å². The van der Waals surface area contributed by atoms with E-state index in [9.17, 15) is 0 Å². The normalized spacial score (nSPS) is 11.3. The molecule has 0 unspecified atom stereocenters. The lowest BCUT2D eigenvalue weighted by Crippen LogP contribution is -1.89. The van der Waals surface area contributed by atoms with Gasteiger partial charge in [0.2, 0.25) is 0 Å². The number of aryl methyl sites for hydroxylation is 2. The van der Waals surface area contributed by atoms with Crippen LogP contribution in [0, 0.1) is 0 Å². The van der Waals surface area contributed by atoms with Crippen LogP contribution in [-0.4, -0.2) is 4.98 Å². The molecular formula is C23H37NS2. The lowest BCUT2D eigenvalue weighted by atomic mass is 10.1. The van der Waals surface area contributed by atoms with Gasteiger partial charge < -0.3 is 0 Å². The molecule has 2 aromatic heterocycles. The molecule has 0 bridgehead atoms. The van der Waals surface area contributed by atoms with E-state index < -0.39 is 0 Å². The fraction of sp³-hybridized carbons (Fsp3) is 0.696. The van der Waals surface area contributed by atoms with E-state index in [1.54, 1.807) is 0 Å². The van der Waals surface area contributed by atoms with Crippen molar-refractivity contribution in [2.75, 3.05) is 0 Å². The first-order valence-electron chi connectivity index (χ1n) is 10.9. The summed E-state index contributed by atoms with van der Waals surface area (Å²) in [7, 11) is 0. The molecule has 1 nitrogen and oxygen atoms in total. The van der Waals surface area contributed by atoms with E-state index in [4.69, 9.17) is 4.98 Å².